The van der Waals surface area contributed by atoms with Crippen LogP contribution in [0.2, 0.25) is 0 Å². The highest BCUT2D eigenvalue weighted by Gasteiger charge is 2.39. The summed E-state index contributed by atoms with van der Waals surface area (Å²) in [5, 5.41) is 8.18. The van der Waals surface area contributed by atoms with Gasteiger partial charge in [-0.3, -0.25) is 19.7 Å². The fraction of sp³-hybridized carbons (Fsp3) is 0.571. The molecule has 1 aromatic rings. The number of hydrogen-bond acceptors (Lipinski definition) is 5. The van der Waals surface area contributed by atoms with E-state index in [0.717, 1.165) is 49.0 Å². The van der Waals surface area contributed by atoms with E-state index in [1.165, 1.54) is 0 Å². The minimum absolute atomic E-state index is 0.165. The van der Waals surface area contributed by atoms with E-state index in [1.807, 2.05) is 18.2 Å². The van der Waals surface area contributed by atoms with Crippen molar-refractivity contribution in [1.82, 2.24) is 20.9 Å². The quantitative estimate of drug-likeness (QED) is 0.144. The van der Waals surface area contributed by atoms with Gasteiger partial charge in [-0.25, -0.2) is 4.79 Å². The number of imide groups is 1. The molecule has 8 nitrogen and oxygen atoms in total. The van der Waals surface area contributed by atoms with E-state index >= 15 is 0 Å². The van der Waals surface area contributed by atoms with Crippen LogP contribution in [0.25, 0.3) is 0 Å². The number of urea groups is 1. The van der Waals surface area contributed by atoms with E-state index in [0.29, 0.717) is 42.8 Å². The van der Waals surface area contributed by atoms with Crippen LogP contribution in [-0.4, -0.2) is 53.5 Å². The molecule has 1 fully saturated rings. The Labute approximate surface area is 224 Å². The number of carbonyl (C=O) groups is 4. The highest BCUT2D eigenvalue weighted by Crippen LogP contribution is 2.36. The Morgan fingerprint density at radius 2 is 1.95 bits per heavy atom. The van der Waals surface area contributed by atoms with Gasteiger partial charge in [0.05, 0.1) is 0 Å². The topological polar surface area (TPSA) is 108 Å². The molecule has 2 aliphatic heterocycles. The van der Waals surface area contributed by atoms with Crippen molar-refractivity contribution in [2.75, 3.05) is 18.8 Å². The first-order chi connectivity index (χ1) is 17.8. The van der Waals surface area contributed by atoms with Crippen LogP contribution in [0, 0.1) is 5.41 Å². The number of amides is 5. The zero-order valence-electron chi connectivity index (χ0n) is 22.1. The summed E-state index contributed by atoms with van der Waals surface area (Å²) in [6.07, 6.45) is 9.12. The second-order valence-corrected chi connectivity index (χ2v) is 11.0. The van der Waals surface area contributed by atoms with Crippen molar-refractivity contribution in [3.05, 3.63) is 42.0 Å². The minimum atomic E-state index is -0.622. The molecule has 0 saturated carbocycles. The molecule has 0 bridgehead atoms. The van der Waals surface area contributed by atoms with Crippen LogP contribution in [0.4, 0.5) is 4.79 Å². The molecule has 3 N–H and O–H groups in total. The molecule has 2 aliphatic rings. The molecule has 0 radical (unpaired) electrons. The van der Waals surface area contributed by atoms with Crippen molar-refractivity contribution in [1.29, 1.82) is 0 Å². The van der Waals surface area contributed by atoms with Crippen LogP contribution in [0.5, 0.6) is 0 Å². The standard InChI is InChI=1S/C28H40N4O4S/c1-4-14-28(5-2,6-3)15-7-8-16-29-27(36)30-17-18-37-23-11-9-10-20-21(23)19-32(26(20)35)22-12-13-24(33)31-25(22)34/h4,9-11,22H,1,5-8,12-19H2,2-3H3,(H2,29,30,36)(H,31,33,34). The molecule has 0 aromatic heterocycles. The molecule has 37 heavy (non-hydrogen) atoms. The number of thioether (sulfide) groups is 1. The number of allylic oxidation sites excluding steroid dienone is 1. The molecule has 5 amide bonds. The maximum absolute atomic E-state index is 12.9. The average molecular weight is 529 g/mol. The first kappa shape index (κ1) is 28.8. The Hall–Kier alpha value is -2.81. The van der Waals surface area contributed by atoms with Gasteiger partial charge in [-0.15, -0.1) is 18.3 Å². The molecule has 0 spiro atoms. The maximum atomic E-state index is 12.9. The van der Waals surface area contributed by atoms with Crippen molar-refractivity contribution >= 4 is 35.5 Å². The smallest absolute Gasteiger partial charge is 0.314 e. The Kier molecular flexibility index (Phi) is 10.6. The second kappa shape index (κ2) is 13.7. The molecule has 1 atom stereocenters. The lowest BCUT2D eigenvalue weighted by molar-refractivity contribution is -0.136. The second-order valence-electron chi connectivity index (χ2n) is 9.87. The highest BCUT2D eigenvalue weighted by atomic mass is 32.2. The van der Waals surface area contributed by atoms with Crippen molar-refractivity contribution in [3.8, 4) is 0 Å². The lowest BCUT2D eigenvalue weighted by Gasteiger charge is -2.30. The number of rotatable bonds is 14. The third-order valence-corrected chi connectivity index (χ3v) is 8.78. The fourth-order valence-electron chi connectivity index (χ4n) is 5.21. The van der Waals surface area contributed by atoms with Gasteiger partial charge >= 0.3 is 6.03 Å². The van der Waals surface area contributed by atoms with Gasteiger partial charge in [0.2, 0.25) is 11.8 Å². The zero-order valence-corrected chi connectivity index (χ0v) is 22.9. The summed E-state index contributed by atoms with van der Waals surface area (Å²) >= 11 is 1.58. The molecule has 0 aliphatic carbocycles. The van der Waals surface area contributed by atoms with Crippen LogP contribution in [0.15, 0.2) is 35.7 Å². The van der Waals surface area contributed by atoms with Crippen molar-refractivity contribution in [3.63, 3.8) is 0 Å². The summed E-state index contributed by atoms with van der Waals surface area (Å²) in [6.45, 7) is 9.89. The first-order valence-corrected chi connectivity index (χ1v) is 14.3. The van der Waals surface area contributed by atoms with Crippen LogP contribution < -0.4 is 16.0 Å². The first-order valence-electron chi connectivity index (χ1n) is 13.4. The molecular formula is C28H40N4O4S. The monoisotopic (exact) mass is 528 g/mol. The molecule has 2 heterocycles. The summed E-state index contributed by atoms with van der Waals surface area (Å²) in [5.41, 5.74) is 1.84. The van der Waals surface area contributed by atoms with E-state index < -0.39 is 11.9 Å². The van der Waals surface area contributed by atoms with Gasteiger partial charge in [0.1, 0.15) is 6.04 Å². The predicted octanol–water partition coefficient (Wildman–Crippen LogP) is 4.39. The SMILES string of the molecule is C=CCC(CC)(CC)CCCCNC(=O)NCCSc1cccc2c1CN(C1CCC(=O)NC1=O)C2=O. The number of fused-ring (bicyclic) bond motifs is 1. The summed E-state index contributed by atoms with van der Waals surface area (Å²) in [6, 6.07) is 4.80. The molecule has 1 aromatic carbocycles. The van der Waals surface area contributed by atoms with Gasteiger partial charge in [-0.1, -0.05) is 45.3 Å². The minimum Gasteiger partial charge on any atom is -0.338 e. The number of carbonyl (C=O) groups excluding carboxylic acids is 4. The number of unbranched alkanes of at least 4 members (excludes halogenated alkanes) is 1. The summed E-state index contributed by atoms with van der Waals surface area (Å²) in [5.74, 6) is -0.220. The molecule has 202 valence electrons. The molecule has 9 heteroatoms. The van der Waals surface area contributed by atoms with Gasteiger partial charge < -0.3 is 15.5 Å². The highest BCUT2D eigenvalue weighted by molar-refractivity contribution is 7.99. The lowest BCUT2D eigenvalue weighted by atomic mass is 9.75. The van der Waals surface area contributed by atoms with Crippen LogP contribution in [-0.2, 0) is 16.1 Å². The van der Waals surface area contributed by atoms with E-state index in [9.17, 15) is 19.2 Å². The van der Waals surface area contributed by atoms with E-state index in [4.69, 9.17) is 0 Å². The van der Waals surface area contributed by atoms with Gasteiger partial charge in [-0.05, 0) is 48.8 Å². The normalized spacial score (nSPS) is 17.4. The fourth-order valence-corrected chi connectivity index (χ4v) is 6.16. The van der Waals surface area contributed by atoms with Gasteiger partial charge in [-0.2, -0.15) is 0 Å². The van der Waals surface area contributed by atoms with Crippen LogP contribution in [0.3, 0.4) is 0 Å². The summed E-state index contributed by atoms with van der Waals surface area (Å²) in [4.78, 5) is 51.4. The molecule has 1 saturated heterocycles. The maximum Gasteiger partial charge on any atom is 0.314 e. The number of piperidine rings is 1. The lowest BCUT2D eigenvalue weighted by Crippen LogP contribution is -2.52. The third kappa shape index (κ3) is 7.37. The number of hydrogen-bond donors (Lipinski definition) is 3. The third-order valence-electron chi connectivity index (χ3n) is 7.68. The molecular weight excluding hydrogens is 488 g/mol. The Morgan fingerprint density at radius 3 is 2.65 bits per heavy atom. The average Bonchev–Trinajstić information content (AvgIpc) is 3.22. The molecule has 1 unspecified atom stereocenters. The van der Waals surface area contributed by atoms with Crippen molar-refractivity contribution < 1.29 is 19.2 Å². The van der Waals surface area contributed by atoms with E-state index in [1.54, 1.807) is 22.7 Å². The number of benzene rings is 1. The van der Waals surface area contributed by atoms with Crippen LogP contribution >= 0.6 is 11.8 Å². The summed E-state index contributed by atoms with van der Waals surface area (Å²) < 4.78 is 0. The van der Waals surface area contributed by atoms with Gasteiger partial charge in [0.25, 0.3) is 5.91 Å². The Bertz CT molecular complexity index is 1010. The van der Waals surface area contributed by atoms with Gasteiger partial charge in [0, 0.05) is 42.3 Å². The van der Waals surface area contributed by atoms with Crippen LogP contribution in [0.1, 0.15) is 81.1 Å². The largest absolute Gasteiger partial charge is 0.338 e. The van der Waals surface area contributed by atoms with E-state index in [2.05, 4.69) is 36.4 Å². The predicted molar refractivity (Wildman–Crippen MR) is 146 cm³/mol. The van der Waals surface area contributed by atoms with E-state index in [-0.39, 0.29) is 24.3 Å². The number of nitrogens with zero attached hydrogens (tertiary/aromatic N) is 1. The Morgan fingerprint density at radius 1 is 1.19 bits per heavy atom. The zero-order chi connectivity index (χ0) is 26.8. The van der Waals surface area contributed by atoms with Crippen molar-refractivity contribution in [2.45, 2.75) is 82.7 Å². The Balaban J connectivity index is 1.39. The molecule has 3 rings (SSSR count). The summed E-state index contributed by atoms with van der Waals surface area (Å²) in [7, 11) is 0. The van der Waals surface area contributed by atoms with Crippen molar-refractivity contribution in [2.24, 2.45) is 5.41 Å². The number of nitrogens with one attached hydrogen (secondary N) is 3. The van der Waals surface area contributed by atoms with Gasteiger partial charge in [0.15, 0.2) is 0 Å².